The summed E-state index contributed by atoms with van der Waals surface area (Å²) in [6.45, 7) is 1.73. The van der Waals surface area contributed by atoms with E-state index in [4.69, 9.17) is 5.11 Å². The van der Waals surface area contributed by atoms with Crippen molar-refractivity contribution in [3.8, 4) is 0 Å². The SMILES string of the molecule is C/C=C(\Cc1ccccc1)C(=O)CC(O)CCO. The molecule has 18 heavy (non-hydrogen) atoms. The number of aliphatic hydroxyl groups is 2. The van der Waals surface area contributed by atoms with Crippen LogP contribution in [0.25, 0.3) is 0 Å². The molecule has 0 spiro atoms. The molecule has 2 N–H and O–H groups in total. The van der Waals surface area contributed by atoms with Crippen molar-refractivity contribution in [1.82, 2.24) is 0 Å². The molecule has 3 nitrogen and oxygen atoms in total. The number of allylic oxidation sites excluding steroid dienone is 2. The number of carbonyl (C=O) groups excluding carboxylic acids is 1. The number of ketones is 1. The molecule has 0 radical (unpaired) electrons. The second-order valence-corrected chi connectivity index (χ2v) is 4.27. The highest BCUT2D eigenvalue weighted by molar-refractivity contribution is 5.95. The molecule has 0 aliphatic heterocycles. The van der Waals surface area contributed by atoms with E-state index in [-0.39, 0.29) is 25.2 Å². The number of benzene rings is 1. The molecule has 0 aliphatic carbocycles. The number of hydrogen-bond acceptors (Lipinski definition) is 3. The first-order valence-corrected chi connectivity index (χ1v) is 6.18. The Bertz CT molecular complexity index is 395. The minimum Gasteiger partial charge on any atom is -0.396 e. The zero-order valence-electron chi connectivity index (χ0n) is 10.7. The van der Waals surface area contributed by atoms with E-state index >= 15 is 0 Å². The number of rotatable bonds is 7. The summed E-state index contributed by atoms with van der Waals surface area (Å²) in [4.78, 5) is 12.0. The van der Waals surface area contributed by atoms with E-state index in [2.05, 4.69) is 0 Å². The molecule has 98 valence electrons. The van der Waals surface area contributed by atoms with Crippen LogP contribution < -0.4 is 0 Å². The Labute approximate surface area is 108 Å². The van der Waals surface area contributed by atoms with Crippen LogP contribution in [0.3, 0.4) is 0 Å². The van der Waals surface area contributed by atoms with E-state index < -0.39 is 6.10 Å². The molecule has 0 fully saturated rings. The summed E-state index contributed by atoms with van der Waals surface area (Å²) in [5.74, 6) is -0.0534. The Hall–Kier alpha value is -1.45. The van der Waals surface area contributed by atoms with Crippen molar-refractivity contribution in [2.45, 2.75) is 32.3 Å². The van der Waals surface area contributed by atoms with Crippen LogP contribution >= 0.6 is 0 Å². The van der Waals surface area contributed by atoms with E-state index in [0.717, 1.165) is 5.56 Å². The summed E-state index contributed by atoms with van der Waals surface area (Å²) >= 11 is 0. The van der Waals surface area contributed by atoms with Gasteiger partial charge in [-0.05, 0) is 24.5 Å². The van der Waals surface area contributed by atoms with Crippen LogP contribution in [0, 0.1) is 0 Å². The van der Waals surface area contributed by atoms with E-state index in [1.54, 1.807) is 6.08 Å². The van der Waals surface area contributed by atoms with Gasteiger partial charge in [-0.15, -0.1) is 0 Å². The normalized spacial score (nSPS) is 13.4. The van der Waals surface area contributed by atoms with Gasteiger partial charge < -0.3 is 10.2 Å². The Morgan fingerprint density at radius 2 is 2.00 bits per heavy atom. The van der Waals surface area contributed by atoms with Crippen molar-refractivity contribution < 1.29 is 15.0 Å². The molecule has 0 bridgehead atoms. The first-order chi connectivity index (χ1) is 8.67. The molecular weight excluding hydrogens is 228 g/mol. The van der Waals surface area contributed by atoms with Crippen LogP contribution in [-0.2, 0) is 11.2 Å². The highest BCUT2D eigenvalue weighted by atomic mass is 16.3. The van der Waals surface area contributed by atoms with Crippen LogP contribution in [0.15, 0.2) is 42.0 Å². The van der Waals surface area contributed by atoms with Gasteiger partial charge in [-0.25, -0.2) is 0 Å². The molecule has 0 heterocycles. The van der Waals surface area contributed by atoms with Crippen molar-refractivity contribution in [3.63, 3.8) is 0 Å². The van der Waals surface area contributed by atoms with Gasteiger partial charge >= 0.3 is 0 Å². The van der Waals surface area contributed by atoms with E-state index in [9.17, 15) is 9.90 Å². The average Bonchev–Trinajstić information content (AvgIpc) is 2.37. The molecule has 0 saturated heterocycles. The summed E-state index contributed by atoms with van der Waals surface area (Å²) in [7, 11) is 0. The minimum atomic E-state index is -0.756. The molecule has 1 atom stereocenters. The molecule has 1 unspecified atom stereocenters. The van der Waals surface area contributed by atoms with Gasteiger partial charge in [-0.3, -0.25) is 4.79 Å². The predicted molar refractivity (Wildman–Crippen MR) is 71.2 cm³/mol. The lowest BCUT2D eigenvalue weighted by atomic mass is 9.97. The number of Topliss-reactive ketones (excluding diaryl/α,β-unsaturated/α-hetero) is 1. The summed E-state index contributed by atoms with van der Waals surface area (Å²) < 4.78 is 0. The van der Waals surface area contributed by atoms with Gasteiger partial charge in [0, 0.05) is 19.4 Å². The van der Waals surface area contributed by atoms with Crippen molar-refractivity contribution in [2.24, 2.45) is 0 Å². The largest absolute Gasteiger partial charge is 0.396 e. The molecule has 1 aromatic carbocycles. The first-order valence-electron chi connectivity index (χ1n) is 6.18. The highest BCUT2D eigenvalue weighted by Crippen LogP contribution is 2.12. The second-order valence-electron chi connectivity index (χ2n) is 4.27. The first kappa shape index (κ1) is 14.6. The van der Waals surface area contributed by atoms with Crippen LogP contribution in [0.2, 0.25) is 0 Å². The standard InChI is InChI=1S/C15H20O3/c1-2-13(10-12-6-4-3-5-7-12)15(18)11-14(17)8-9-16/h2-7,14,16-17H,8-11H2,1H3/b13-2+. The number of hydrogen-bond donors (Lipinski definition) is 2. The van der Waals surface area contributed by atoms with Gasteiger partial charge in [0.05, 0.1) is 6.10 Å². The lowest BCUT2D eigenvalue weighted by Crippen LogP contribution is -2.17. The maximum absolute atomic E-state index is 12.0. The molecule has 3 heteroatoms. The molecular formula is C15H20O3. The van der Waals surface area contributed by atoms with Crippen LogP contribution in [0.1, 0.15) is 25.3 Å². The second kappa shape index (κ2) is 7.80. The van der Waals surface area contributed by atoms with Gasteiger partial charge in [0.2, 0.25) is 0 Å². The molecule has 0 amide bonds. The molecule has 0 saturated carbocycles. The van der Waals surface area contributed by atoms with E-state index in [0.29, 0.717) is 12.0 Å². The third-order valence-corrected chi connectivity index (χ3v) is 2.83. The topological polar surface area (TPSA) is 57.5 Å². The molecule has 0 aromatic heterocycles. The monoisotopic (exact) mass is 248 g/mol. The number of carbonyl (C=O) groups is 1. The van der Waals surface area contributed by atoms with Crippen molar-refractivity contribution in [2.75, 3.05) is 6.61 Å². The predicted octanol–water partition coefficient (Wildman–Crippen LogP) is 1.88. The summed E-state index contributed by atoms with van der Waals surface area (Å²) in [5.41, 5.74) is 1.79. The Kier molecular flexibility index (Phi) is 6.33. The van der Waals surface area contributed by atoms with Crippen molar-refractivity contribution in [3.05, 3.63) is 47.5 Å². The maximum atomic E-state index is 12.0. The van der Waals surface area contributed by atoms with Crippen LogP contribution in [0.5, 0.6) is 0 Å². The molecule has 1 rings (SSSR count). The van der Waals surface area contributed by atoms with Crippen LogP contribution in [-0.4, -0.2) is 28.7 Å². The summed E-state index contributed by atoms with van der Waals surface area (Å²) in [5, 5.41) is 18.2. The van der Waals surface area contributed by atoms with Crippen molar-refractivity contribution in [1.29, 1.82) is 0 Å². The number of aliphatic hydroxyl groups excluding tert-OH is 2. The van der Waals surface area contributed by atoms with Gasteiger partial charge in [-0.1, -0.05) is 36.4 Å². The van der Waals surface area contributed by atoms with E-state index in [1.165, 1.54) is 0 Å². The Morgan fingerprint density at radius 1 is 1.33 bits per heavy atom. The fourth-order valence-electron chi connectivity index (χ4n) is 1.77. The fourth-order valence-corrected chi connectivity index (χ4v) is 1.77. The quantitative estimate of drug-likeness (QED) is 0.724. The van der Waals surface area contributed by atoms with Gasteiger partial charge in [0.1, 0.15) is 0 Å². The third kappa shape index (κ3) is 4.82. The maximum Gasteiger partial charge on any atom is 0.161 e. The zero-order chi connectivity index (χ0) is 13.4. The zero-order valence-corrected chi connectivity index (χ0v) is 10.7. The summed E-state index contributed by atoms with van der Waals surface area (Å²) in [6, 6.07) is 9.76. The van der Waals surface area contributed by atoms with Gasteiger partial charge in [0.25, 0.3) is 0 Å². The van der Waals surface area contributed by atoms with Gasteiger partial charge in [-0.2, -0.15) is 0 Å². The fraction of sp³-hybridized carbons (Fsp3) is 0.400. The lowest BCUT2D eigenvalue weighted by Gasteiger charge is -2.10. The lowest BCUT2D eigenvalue weighted by molar-refractivity contribution is -0.117. The molecule has 0 aliphatic rings. The average molecular weight is 248 g/mol. The Morgan fingerprint density at radius 3 is 2.56 bits per heavy atom. The van der Waals surface area contributed by atoms with Crippen molar-refractivity contribution >= 4 is 5.78 Å². The van der Waals surface area contributed by atoms with E-state index in [1.807, 2.05) is 37.3 Å². The van der Waals surface area contributed by atoms with Gasteiger partial charge in [0.15, 0.2) is 5.78 Å². The third-order valence-electron chi connectivity index (χ3n) is 2.83. The smallest absolute Gasteiger partial charge is 0.161 e. The highest BCUT2D eigenvalue weighted by Gasteiger charge is 2.14. The molecule has 1 aromatic rings. The minimum absolute atomic E-state index is 0.0534. The Balaban J connectivity index is 2.59. The summed E-state index contributed by atoms with van der Waals surface area (Å²) in [6.07, 6.45) is 1.94. The van der Waals surface area contributed by atoms with Crippen LogP contribution in [0.4, 0.5) is 0 Å².